The van der Waals surface area contributed by atoms with Crippen molar-refractivity contribution in [2.75, 3.05) is 25.2 Å². The van der Waals surface area contributed by atoms with Gasteiger partial charge >= 0.3 is 0 Å². The van der Waals surface area contributed by atoms with E-state index in [2.05, 4.69) is 31.3 Å². The second kappa shape index (κ2) is 7.17. The molecule has 1 aromatic rings. The molecule has 0 radical (unpaired) electrons. The molecule has 0 spiro atoms. The summed E-state index contributed by atoms with van der Waals surface area (Å²) in [5.41, 5.74) is 1.19. The molecule has 0 saturated carbocycles. The molecule has 2 rings (SSSR count). The zero-order chi connectivity index (χ0) is 13.7. The van der Waals surface area contributed by atoms with E-state index in [4.69, 9.17) is 9.47 Å². The first-order valence-electron chi connectivity index (χ1n) is 6.84. The third-order valence-electron chi connectivity index (χ3n) is 3.14. The molecule has 1 aliphatic heterocycles. The van der Waals surface area contributed by atoms with Gasteiger partial charge in [-0.2, -0.15) is 11.8 Å². The Hall–Kier alpha value is -0.710. The van der Waals surface area contributed by atoms with Crippen LogP contribution in [0.4, 0.5) is 0 Å². The number of para-hydroxylation sites is 1. The summed E-state index contributed by atoms with van der Waals surface area (Å²) in [7, 11) is 1.99. The van der Waals surface area contributed by atoms with Crippen LogP contribution in [0.3, 0.4) is 0 Å². The summed E-state index contributed by atoms with van der Waals surface area (Å²) in [6.45, 7) is 4.94. The fourth-order valence-electron chi connectivity index (χ4n) is 2.34. The Morgan fingerprint density at radius 2 is 2.16 bits per heavy atom. The van der Waals surface area contributed by atoms with Crippen LogP contribution in [-0.2, 0) is 4.74 Å². The van der Waals surface area contributed by atoms with Gasteiger partial charge in [0.2, 0.25) is 0 Å². The average Bonchev–Trinajstić information content (AvgIpc) is 2.42. The number of hydrogen-bond donors (Lipinski definition) is 1. The van der Waals surface area contributed by atoms with Crippen LogP contribution in [0, 0.1) is 0 Å². The maximum absolute atomic E-state index is 5.92. The van der Waals surface area contributed by atoms with Crippen molar-refractivity contribution in [3.8, 4) is 5.75 Å². The Kier molecular flexibility index (Phi) is 5.55. The van der Waals surface area contributed by atoms with E-state index in [1.54, 1.807) is 0 Å². The molecule has 4 heteroatoms. The zero-order valence-electron chi connectivity index (χ0n) is 11.9. The van der Waals surface area contributed by atoms with Crippen LogP contribution in [0.2, 0.25) is 0 Å². The summed E-state index contributed by atoms with van der Waals surface area (Å²) >= 11 is 1.96. The molecule has 0 aliphatic carbocycles. The molecule has 1 aliphatic rings. The van der Waals surface area contributed by atoms with Gasteiger partial charge in [-0.3, -0.25) is 0 Å². The van der Waals surface area contributed by atoms with Gasteiger partial charge in [0.25, 0.3) is 0 Å². The topological polar surface area (TPSA) is 30.5 Å². The molecule has 106 valence electrons. The van der Waals surface area contributed by atoms with Gasteiger partial charge in [-0.15, -0.1) is 0 Å². The van der Waals surface area contributed by atoms with Crippen LogP contribution in [0.25, 0.3) is 0 Å². The van der Waals surface area contributed by atoms with Gasteiger partial charge in [-0.25, -0.2) is 0 Å². The van der Waals surface area contributed by atoms with Crippen LogP contribution in [0.5, 0.6) is 5.75 Å². The molecule has 19 heavy (non-hydrogen) atoms. The normalized spacial score (nSPS) is 21.4. The van der Waals surface area contributed by atoms with Crippen LogP contribution in [0.1, 0.15) is 25.5 Å². The molecule has 1 fully saturated rings. The van der Waals surface area contributed by atoms with Gasteiger partial charge < -0.3 is 14.8 Å². The fraction of sp³-hybridized carbons (Fsp3) is 0.600. The third kappa shape index (κ3) is 3.88. The van der Waals surface area contributed by atoms with Crippen molar-refractivity contribution in [1.82, 2.24) is 5.32 Å². The van der Waals surface area contributed by atoms with E-state index in [9.17, 15) is 0 Å². The maximum Gasteiger partial charge on any atom is 0.124 e. The SMILES string of the molecule is CNC(c1ccccc1OC(C)C)C1CSCCO1. The second-order valence-corrected chi connectivity index (χ2v) is 6.10. The lowest BCUT2D eigenvalue weighted by atomic mass is 10.0. The first kappa shape index (κ1) is 14.7. The number of nitrogens with one attached hydrogen (secondary N) is 1. The van der Waals surface area contributed by atoms with E-state index >= 15 is 0 Å². The molecule has 1 aromatic carbocycles. The highest BCUT2D eigenvalue weighted by Gasteiger charge is 2.27. The van der Waals surface area contributed by atoms with E-state index in [1.165, 1.54) is 5.56 Å². The average molecular weight is 281 g/mol. The standard InChI is InChI=1S/C15H23NO2S/c1-11(2)18-13-7-5-4-6-12(13)15(16-3)14-10-19-9-8-17-14/h4-7,11,14-16H,8-10H2,1-3H3. The molecule has 1 heterocycles. The lowest BCUT2D eigenvalue weighted by molar-refractivity contribution is 0.0477. The van der Waals surface area contributed by atoms with E-state index in [1.807, 2.05) is 30.9 Å². The van der Waals surface area contributed by atoms with Gasteiger partial charge in [0, 0.05) is 17.1 Å². The lowest BCUT2D eigenvalue weighted by Crippen LogP contribution is -2.36. The van der Waals surface area contributed by atoms with Gasteiger partial charge in [0.1, 0.15) is 5.75 Å². The van der Waals surface area contributed by atoms with E-state index in [-0.39, 0.29) is 18.2 Å². The molecular formula is C15H23NO2S. The maximum atomic E-state index is 5.92. The minimum absolute atomic E-state index is 0.181. The second-order valence-electron chi connectivity index (χ2n) is 4.95. The third-order valence-corrected chi connectivity index (χ3v) is 4.16. The van der Waals surface area contributed by atoms with Crippen LogP contribution in [-0.4, -0.2) is 37.4 Å². The molecule has 0 amide bonds. The quantitative estimate of drug-likeness (QED) is 0.899. The van der Waals surface area contributed by atoms with Crippen molar-refractivity contribution in [3.05, 3.63) is 29.8 Å². The smallest absolute Gasteiger partial charge is 0.124 e. The van der Waals surface area contributed by atoms with Crippen LogP contribution in [0.15, 0.2) is 24.3 Å². The summed E-state index contributed by atoms with van der Waals surface area (Å²) < 4.78 is 11.8. The monoisotopic (exact) mass is 281 g/mol. The van der Waals surface area contributed by atoms with Crippen molar-refractivity contribution in [2.24, 2.45) is 0 Å². The summed E-state index contributed by atoms with van der Waals surface area (Å²) in [5, 5.41) is 3.38. The summed E-state index contributed by atoms with van der Waals surface area (Å²) in [4.78, 5) is 0. The number of likely N-dealkylation sites (N-methyl/N-ethyl adjacent to an activating group) is 1. The Morgan fingerprint density at radius 3 is 2.79 bits per heavy atom. The predicted octanol–water partition coefficient (Wildman–Crippen LogP) is 2.87. The van der Waals surface area contributed by atoms with E-state index < -0.39 is 0 Å². The van der Waals surface area contributed by atoms with Crippen molar-refractivity contribution >= 4 is 11.8 Å². The molecule has 2 atom stereocenters. The van der Waals surface area contributed by atoms with Gasteiger partial charge in [0.05, 0.1) is 24.9 Å². The zero-order valence-corrected chi connectivity index (χ0v) is 12.7. The highest BCUT2D eigenvalue weighted by atomic mass is 32.2. The van der Waals surface area contributed by atoms with E-state index in [0.717, 1.165) is 23.9 Å². The highest BCUT2D eigenvalue weighted by Crippen LogP contribution is 2.31. The van der Waals surface area contributed by atoms with E-state index in [0.29, 0.717) is 0 Å². The van der Waals surface area contributed by atoms with Crippen molar-refractivity contribution in [2.45, 2.75) is 32.1 Å². The first-order valence-corrected chi connectivity index (χ1v) is 8.00. The lowest BCUT2D eigenvalue weighted by Gasteiger charge is -2.31. The summed E-state index contributed by atoms with van der Waals surface area (Å²) in [6, 6.07) is 8.42. The van der Waals surface area contributed by atoms with Gasteiger partial charge in [-0.1, -0.05) is 18.2 Å². The Balaban J connectivity index is 2.21. The van der Waals surface area contributed by atoms with Crippen molar-refractivity contribution in [1.29, 1.82) is 0 Å². The fourth-order valence-corrected chi connectivity index (χ4v) is 3.24. The van der Waals surface area contributed by atoms with Gasteiger partial charge in [0.15, 0.2) is 0 Å². The summed E-state index contributed by atoms with van der Waals surface area (Å²) in [5.74, 6) is 3.08. The molecule has 1 N–H and O–H groups in total. The predicted molar refractivity (Wildman–Crippen MR) is 81.1 cm³/mol. The number of benzene rings is 1. The largest absolute Gasteiger partial charge is 0.491 e. The minimum Gasteiger partial charge on any atom is -0.491 e. The van der Waals surface area contributed by atoms with Crippen molar-refractivity contribution < 1.29 is 9.47 Å². The van der Waals surface area contributed by atoms with Crippen LogP contribution < -0.4 is 10.1 Å². The van der Waals surface area contributed by atoms with Crippen molar-refractivity contribution in [3.63, 3.8) is 0 Å². The molecule has 3 nitrogen and oxygen atoms in total. The Labute approximate surface area is 120 Å². The molecule has 2 unspecified atom stereocenters. The first-order chi connectivity index (χ1) is 9.22. The number of hydrogen-bond acceptors (Lipinski definition) is 4. The number of ether oxygens (including phenoxy) is 2. The summed E-state index contributed by atoms with van der Waals surface area (Å²) in [6.07, 6.45) is 0.390. The molecule has 0 aromatic heterocycles. The Morgan fingerprint density at radius 1 is 1.37 bits per heavy atom. The van der Waals surface area contributed by atoms with Gasteiger partial charge in [-0.05, 0) is 27.0 Å². The Bertz CT molecular complexity index is 391. The molecule has 1 saturated heterocycles. The minimum atomic E-state index is 0.181. The molecule has 0 bridgehead atoms. The number of thioether (sulfide) groups is 1. The molecular weight excluding hydrogens is 258 g/mol. The highest BCUT2D eigenvalue weighted by molar-refractivity contribution is 7.99. The van der Waals surface area contributed by atoms with Crippen LogP contribution >= 0.6 is 11.8 Å². The number of rotatable bonds is 5.